The van der Waals surface area contributed by atoms with Crippen LogP contribution in [-0.4, -0.2) is 28.2 Å². The van der Waals surface area contributed by atoms with E-state index in [-0.39, 0.29) is 11.9 Å². The molecule has 18 heavy (non-hydrogen) atoms. The molecular formula is C13H20N2O2S. The normalized spacial score (nSPS) is 13.9. The molecule has 0 bridgehead atoms. The maximum atomic E-state index is 11.8. The van der Waals surface area contributed by atoms with Crippen LogP contribution in [0, 0.1) is 0 Å². The summed E-state index contributed by atoms with van der Waals surface area (Å²) in [6.07, 6.45) is 2.72. The van der Waals surface area contributed by atoms with Gasteiger partial charge in [-0.2, -0.15) is 0 Å². The van der Waals surface area contributed by atoms with Gasteiger partial charge >= 0.3 is 0 Å². The molecule has 2 unspecified atom stereocenters. The topological polar surface area (TPSA) is 72.2 Å². The van der Waals surface area contributed by atoms with Crippen molar-refractivity contribution in [2.45, 2.75) is 25.8 Å². The summed E-state index contributed by atoms with van der Waals surface area (Å²) in [5.41, 5.74) is 7.21. The summed E-state index contributed by atoms with van der Waals surface area (Å²) in [6.45, 7) is 1.92. The third-order valence-corrected chi connectivity index (χ3v) is 3.37. The summed E-state index contributed by atoms with van der Waals surface area (Å²) in [5.74, 6) is 0.578. The SMILES string of the molecule is CC(CCS(C)=O)NC(=O)Cc1cccc(N)c1. The number of carbonyl (C=O) groups is 1. The lowest BCUT2D eigenvalue weighted by Crippen LogP contribution is -2.34. The molecule has 5 heteroatoms. The first-order chi connectivity index (χ1) is 8.47. The van der Waals surface area contributed by atoms with Crippen molar-refractivity contribution in [2.75, 3.05) is 17.7 Å². The van der Waals surface area contributed by atoms with E-state index in [4.69, 9.17) is 5.73 Å². The van der Waals surface area contributed by atoms with Crippen LogP contribution >= 0.6 is 0 Å². The first-order valence-electron chi connectivity index (χ1n) is 5.91. The van der Waals surface area contributed by atoms with E-state index in [0.717, 1.165) is 12.0 Å². The Hall–Kier alpha value is -1.36. The van der Waals surface area contributed by atoms with Gasteiger partial charge in [0.15, 0.2) is 0 Å². The maximum Gasteiger partial charge on any atom is 0.224 e. The smallest absolute Gasteiger partial charge is 0.224 e. The van der Waals surface area contributed by atoms with Crippen LogP contribution in [-0.2, 0) is 22.0 Å². The monoisotopic (exact) mass is 268 g/mol. The van der Waals surface area contributed by atoms with Gasteiger partial charge in [0.1, 0.15) is 0 Å². The number of amides is 1. The second-order valence-corrected chi connectivity index (χ2v) is 6.01. The molecule has 0 fully saturated rings. The van der Waals surface area contributed by atoms with Crippen LogP contribution in [0.2, 0.25) is 0 Å². The molecule has 1 aromatic rings. The van der Waals surface area contributed by atoms with Crippen molar-refractivity contribution < 1.29 is 9.00 Å². The number of anilines is 1. The van der Waals surface area contributed by atoms with Crippen molar-refractivity contribution in [3.8, 4) is 0 Å². The van der Waals surface area contributed by atoms with E-state index in [2.05, 4.69) is 5.32 Å². The number of benzene rings is 1. The molecule has 100 valence electrons. The van der Waals surface area contributed by atoms with Crippen LogP contribution in [0.4, 0.5) is 5.69 Å². The van der Waals surface area contributed by atoms with E-state index in [1.807, 2.05) is 19.1 Å². The van der Waals surface area contributed by atoms with Gasteiger partial charge in [-0.25, -0.2) is 0 Å². The molecule has 0 heterocycles. The fourth-order valence-electron chi connectivity index (χ4n) is 1.63. The van der Waals surface area contributed by atoms with E-state index in [0.29, 0.717) is 17.9 Å². The molecule has 0 aliphatic rings. The van der Waals surface area contributed by atoms with E-state index in [9.17, 15) is 9.00 Å². The lowest BCUT2D eigenvalue weighted by molar-refractivity contribution is -0.121. The molecular weight excluding hydrogens is 248 g/mol. The summed E-state index contributed by atoms with van der Waals surface area (Å²) in [6, 6.07) is 7.34. The first-order valence-corrected chi connectivity index (χ1v) is 7.64. The Morgan fingerprint density at radius 3 is 2.83 bits per heavy atom. The Morgan fingerprint density at radius 1 is 1.50 bits per heavy atom. The van der Waals surface area contributed by atoms with Gasteiger partial charge in [-0.1, -0.05) is 12.1 Å². The summed E-state index contributed by atoms with van der Waals surface area (Å²) in [5, 5.41) is 2.89. The minimum atomic E-state index is -0.810. The molecule has 3 N–H and O–H groups in total. The zero-order chi connectivity index (χ0) is 13.5. The molecule has 4 nitrogen and oxygen atoms in total. The quantitative estimate of drug-likeness (QED) is 0.758. The molecule has 1 aromatic carbocycles. The molecule has 1 rings (SSSR count). The summed E-state index contributed by atoms with van der Waals surface area (Å²) < 4.78 is 10.9. The number of rotatable bonds is 6. The lowest BCUT2D eigenvalue weighted by atomic mass is 10.1. The number of carbonyl (C=O) groups excluding carboxylic acids is 1. The fourth-order valence-corrected chi connectivity index (χ4v) is 2.31. The second kappa shape index (κ2) is 7.16. The summed E-state index contributed by atoms with van der Waals surface area (Å²) in [4.78, 5) is 11.8. The predicted octanol–water partition coefficient (Wildman–Crippen LogP) is 1.08. The highest BCUT2D eigenvalue weighted by Gasteiger charge is 2.08. The third kappa shape index (κ3) is 5.82. The van der Waals surface area contributed by atoms with E-state index in [1.54, 1.807) is 18.4 Å². The van der Waals surface area contributed by atoms with Crippen molar-refractivity contribution in [3.05, 3.63) is 29.8 Å². The minimum absolute atomic E-state index is 0.0324. The van der Waals surface area contributed by atoms with Crippen molar-refractivity contribution in [3.63, 3.8) is 0 Å². The number of hydrogen-bond acceptors (Lipinski definition) is 3. The maximum absolute atomic E-state index is 11.8. The van der Waals surface area contributed by atoms with Crippen LogP contribution in [0.15, 0.2) is 24.3 Å². The largest absolute Gasteiger partial charge is 0.399 e. The Balaban J connectivity index is 2.39. The highest BCUT2D eigenvalue weighted by Crippen LogP contribution is 2.07. The average Bonchev–Trinajstić information content (AvgIpc) is 2.26. The minimum Gasteiger partial charge on any atom is -0.399 e. The number of nitrogens with one attached hydrogen (secondary N) is 1. The first kappa shape index (κ1) is 14.7. The Morgan fingerprint density at radius 2 is 2.22 bits per heavy atom. The summed E-state index contributed by atoms with van der Waals surface area (Å²) in [7, 11) is -0.810. The van der Waals surface area contributed by atoms with Crippen molar-refractivity contribution in [1.29, 1.82) is 0 Å². The Bertz CT molecular complexity index is 435. The van der Waals surface area contributed by atoms with Crippen LogP contribution in [0.1, 0.15) is 18.9 Å². The summed E-state index contributed by atoms with van der Waals surface area (Å²) >= 11 is 0. The Kier molecular flexibility index (Phi) is 5.85. The van der Waals surface area contributed by atoms with E-state index < -0.39 is 10.8 Å². The molecule has 0 spiro atoms. The standard InChI is InChI=1S/C13H20N2O2S/c1-10(6-7-18(2)17)15-13(16)9-11-4-3-5-12(14)8-11/h3-5,8,10H,6-7,9,14H2,1-2H3,(H,15,16). The highest BCUT2D eigenvalue weighted by molar-refractivity contribution is 7.84. The van der Waals surface area contributed by atoms with Crippen molar-refractivity contribution in [1.82, 2.24) is 5.32 Å². The fraction of sp³-hybridized carbons (Fsp3) is 0.462. The van der Waals surface area contributed by atoms with Crippen LogP contribution < -0.4 is 11.1 Å². The van der Waals surface area contributed by atoms with Gasteiger partial charge in [-0.05, 0) is 31.0 Å². The second-order valence-electron chi connectivity index (χ2n) is 4.46. The van der Waals surface area contributed by atoms with E-state index in [1.165, 1.54) is 0 Å². The zero-order valence-electron chi connectivity index (χ0n) is 10.8. The molecule has 0 saturated carbocycles. The van der Waals surface area contributed by atoms with Crippen molar-refractivity contribution in [2.24, 2.45) is 0 Å². The molecule has 2 atom stereocenters. The number of hydrogen-bond donors (Lipinski definition) is 2. The van der Waals surface area contributed by atoms with Crippen LogP contribution in [0.25, 0.3) is 0 Å². The van der Waals surface area contributed by atoms with Crippen LogP contribution in [0.3, 0.4) is 0 Å². The van der Waals surface area contributed by atoms with Gasteiger partial charge in [0.05, 0.1) is 6.42 Å². The van der Waals surface area contributed by atoms with Gasteiger partial charge in [0.2, 0.25) is 5.91 Å². The van der Waals surface area contributed by atoms with Crippen LogP contribution in [0.5, 0.6) is 0 Å². The van der Waals surface area contributed by atoms with Gasteiger partial charge in [-0.15, -0.1) is 0 Å². The molecule has 0 saturated heterocycles. The molecule has 1 amide bonds. The Labute approximate surface area is 110 Å². The number of nitrogen functional groups attached to an aromatic ring is 1. The third-order valence-electron chi connectivity index (χ3n) is 2.56. The van der Waals surface area contributed by atoms with Gasteiger partial charge in [0.25, 0.3) is 0 Å². The molecule has 0 aliphatic heterocycles. The zero-order valence-corrected chi connectivity index (χ0v) is 11.6. The number of nitrogens with two attached hydrogens (primary N) is 1. The molecule has 0 radical (unpaired) electrons. The lowest BCUT2D eigenvalue weighted by Gasteiger charge is -2.13. The van der Waals surface area contributed by atoms with Gasteiger partial charge < -0.3 is 11.1 Å². The van der Waals surface area contributed by atoms with Gasteiger partial charge in [0, 0.05) is 34.5 Å². The predicted molar refractivity (Wildman–Crippen MR) is 75.7 cm³/mol. The van der Waals surface area contributed by atoms with E-state index >= 15 is 0 Å². The molecule has 0 aromatic heterocycles. The average molecular weight is 268 g/mol. The van der Waals surface area contributed by atoms with Crippen molar-refractivity contribution >= 4 is 22.4 Å². The molecule has 0 aliphatic carbocycles. The van der Waals surface area contributed by atoms with Gasteiger partial charge in [-0.3, -0.25) is 9.00 Å². The highest BCUT2D eigenvalue weighted by atomic mass is 32.2.